The summed E-state index contributed by atoms with van der Waals surface area (Å²) in [5.74, 6) is 1.12. The lowest BCUT2D eigenvalue weighted by atomic mass is 10.0. The van der Waals surface area contributed by atoms with E-state index in [1.165, 1.54) is 0 Å². The van der Waals surface area contributed by atoms with Crippen molar-refractivity contribution >= 4 is 41.0 Å². The maximum Gasteiger partial charge on any atom is 0.344 e. The molecule has 8 nitrogen and oxygen atoms in total. The third-order valence-electron chi connectivity index (χ3n) is 6.06. The second-order valence-electron chi connectivity index (χ2n) is 8.55. The summed E-state index contributed by atoms with van der Waals surface area (Å²) in [4.78, 5) is 25.6. The van der Waals surface area contributed by atoms with Gasteiger partial charge >= 0.3 is 11.9 Å². The van der Waals surface area contributed by atoms with Crippen molar-refractivity contribution < 1.29 is 37.6 Å². The fraction of sp³-hybridized carbons (Fsp3) is 0.214. The number of rotatable bonds is 12. The normalized spacial score (nSPS) is 13.8. The Morgan fingerprint density at radius 1 is 0.684 bits per heavy atom. The largest absolute Gasteiger partial charge is 0.494 e. The molecule has 0 aliphatic carbocycles. The lowest BCUT2D eigenvalue weighted by molar-refractivity contribution is -0.128. The third-order valence-corrected chi connectivity index (χ3v) is 6.79. The first-order valence-corrected chi connectivity index (χ1v) is 13.5. The highest BCUT2D eigenvalue weighted by Crippen LogP contribution is 2.28. The fourth-order valence-electron chi connectivity index (χ4n) is 4.28. The Balaban J connectivity index is 1.43. The Morgan fingerprint density at radius 3 is 1.61 bits per heavy atom. The van der Waals surface area contributed by atoms with Gasteiger partial charge in [-0.3, -0.25) is 4.57 Å². The van der Waals surface area contributed by atoms with Crippen molar-refractivity contribution in [3.05, 3.63) is 82.2 Å². The molecule has 1 atom stereocenters. The Bertz CT molecular complexity index is 1500. The molecule has 2 aliphatic rings. The average Bonchev–Trinajstić information content (AvgIpc) is 3.42. The predicted molar refractivity (Wildman–Crippen MR) is 143 cm³/mol. The van der Waals surface area contributed by atoms with Crippen LogP contribution in [0.4, 0.5) is 0 Å². The molecule has 3 aromatic carbocycles. The predicted octanol–water partition coefficient (Wildman–Crippen LogP) is 3.56. The fourth-order valence-corrected chi connectivity index (χ4v) is 4.70. The highest BCUT2D eigenvalue weighted by molar-refractivity contribution is 7.23. The van der Waals surface area contributed by atoms with Crippen LogP contribution in [-0.4, -0.2) is 37.9 Å². The summed E-state index contributed by atoms with van der Waals surface area (Å²) in [7, 11) is 2.31. The van der Waals surface area contributed by atoms with Gasteiger partial charge in [-0.2, -0.15) is 0 Å². The standard InChI is InChI=1S/C28H24O8P2/c29-27-25(17-3-7-19(8-4-17)32-11-1-13-34-37)21-15-24-22(16-23(21)35-27)26(28(30)36-24)18-5-9-20(10-6-18)33-12-2-14-38-31/h3-10,15-16H,1-2,11-14,37H2. The minimum Gasteiger partial charge on any atom is -0.494 e. The van der Waals surface area contributed by atoms with E-state index < -0.39 is 11.9 Å². The number of hydrogen-bond acceptors (Lipinski definition) is 8. The van der Waals surface area contributed by atoms with E-state index in [4.69, 9.17) is 23.5 Å². The molecule has 0 spiro atoms. The zero-order valence-corrected chi connectivity index (χ0v) is 22.4. The second kappa shape index (κ2) is 11.9. The summed E-state index contributed by atoms with van der Waals surface area (Å²) >= 11 is 0. The maximum absolute atomic E-state index is 12.8. The van der Waals surface area contributed by atoms with Crippen molar-refractivity contribution in [2.45, 2.75) is 12.8 Å². The first-order valence-electron chi connectivity index (χ1n) is 12.0. The lowest BCUT2D eigenvalue weighted by Gasteiger charge is -2.07. The SMILES string of the molecule is O=PCCCOc1ccc(C2=c3cc4c(cc3OC2=O)=C(c2ccc(OCCCOP)cc2)C(=O)O4)cc1. The van der Waals surface area contributed by atoms with E-state index in [1.54, 1.807) is 60.7 Å². The maximum atomic E-state index is 12.8. The van der Waals surface area contributed by atoms with E-state index in [-0.39, 0.29) is 8.46 Å². The van der Waals surface area contributed by atoms with E-state index in [0.29, 0.717) is 88.1 Å². The van der Waals surface area contributed by atoms with E-state index in [1.807, 2.05) is 0 Å². The Labute approximate surface area is 222 Å². The van der Waals surface area contributed by atoms with E-state index in [9.17, 15) is 14.2 Å². The molecule has 0 aromatic heterocycles. The third kappa shape index (κ3) is 5.48. The van der Waals surface area contributed by atoms with Gasteiger partial charge in [0.05, 0.1) is 31.0 Å². The smallest absolute Gasteiger partial charge is 0.344 e. The van der Waals surface area contributed by atoms with Gasteiger partial charge in [-0.15, -0.1) is 0 Å². The molecule has 194 valence electrons. The first-order chi connectivity index (χ1) is 18.6. The molecule has 0 N–H and O–H groups in total. The molecule has 0 bridgehead atoms. The highest BCUT2D eigenvalue weighted by atomic mass is 31.1. The van der Waals surface area contributed by atoms with Crippen LogP contribution in [-0.2, 0) is 18.7 Å². The number of hydrogen-bond donors (Lipinski definition) is 0. The molecule has 38 heavy (non-hydrogen) atoms. The van der Waals surface area contributed by atoms with Crippen molar-refractivity contribution in [1.82, 2.24) is 0 Å². The summed E-state index contributed by atoms with van der Waals surface area (Å²) in [6.45, 7) is 1.56. The van der Waals surface area contributed by atoms with Crippen LogP contribution in [0.15, 0.2) is 60.7 Å². The van der Waals surface area contributed by atoms with Gasteiger partial charge in [-0.25, -0.2) is 9.59 Å². The van der Waals surface area contributed by atoms with Gasteiger partial charge < -0.3 is 23.5 Å². The molecule has 0 fully saturated rings. The molecular weight excluding hydrogens is 526 g/mol. The van der Waals surface area contributed by atoms with Crippen LogP contribution in [0.25, 0.3) is 11.1 Å². The zero-order chi connectivity index (χ0) is 26.5. The topological polar surface area (TPSA) is 97.4 Å². The van der Waals surface area contributed by atoms with Gasteiger partial charge in [-0.05, 0) is 53.9 Å². The average molecular weight is 550 g/mol. The van der Waals surface area contributed by atoms with Crippen LogP contribution >= 0.6 is 17.9 Å². The van der Waals surface area contributed by atoms with Crippen molar-refractivity contribution in [3.63, 3.8) is 0 Å². The van der Waals surface area contributed by atoms with Crippen LogP contribution in [0.5, 0.6) is 23.0 Å². The molecule has 0 amide bonds. The number of fused-ring (bicyclic) bond motifs is 2. The van der Waals surface area contributed by atoms with Crippen LogP contribution in [0.2, 0.25) is 0 Å². The van der Waals surface area contributed by atoms with Gasteiger partial charge in [0.2, 0.25) is 0 Å². The first kappa shape index (κ1) is 26.1. The summed E-state index contributed by atoms with van der Waals surface area (Å²) < 4.78 is 38.0. The summed E-state index contributed by atoms with van der Waals surface area (Å²) in [5.41, 5.74) is 2.12. The Kier molecular flexibility index (Phi) is 8.14. The van der Waals surface area contributed by atoms with Crippen LogP contribution in [0.3, 0.4) is 0 Å². The number of benzene rings is 3. The molecule has 0 saturated heterocycles. The Hall–Kier alpha value is -3.57. The molecule has 5 rings (SSSR count). The van der Waals surface area contributed by atoms with Crippen molar-refractivity contribution in [1.29, 1.82) is 0 Å². The molecule has 10 heteroatoms. The lowest BCUT2D eigenvalue weighted by Crippen LogP contribution is -2.11. The van der Waals surface area contributed by atoms with Crippen molar-refractivity contribution in [2.24, 2.45) is 0 Å². The molecule has 3 aromatic rings. The second-order valence-corrected chi connectivity index (χ2v) is 9.59. The van der Waals surface area contributed by atoms with Crippen molar-refractivity contribution in [3.8, 4) is 23.0 Å². The zero-order valence-electron chi connectivity index (χ0n) is 20.3. The quantitative estimate of drug-likeness (QED) is 0.146. The summed E-state index contributed by atoms with van der Waals surface area (Å²) in [6, 6.07) is 17.6. The van der Waals surface area contributed by atoms with Gasteiger partial charge in [0, 0.05) is 32.5 Å². The Morgan fingerprint density at radius 2 is 1.16 bits per heavy atom. The summed E-state index contributed by atoms with van der Waals surface area (Å²) in [6.07, 6.45) is 1.98. The van der Waals surface area contributed by atoms with E-state index in [2.05, 4.69) is 9.47 Å². The number of ether oxygens (including phenoxy) is 4. The van der Waals surface area contributed by atoms with Crippen LogP contribution in [0, 0.1) is 0 Å². The number of esters is 2. The van der Waals surface area contributed by atoms with Gasteiger partial charge in [0.25, 0.3) is 0 Å². The van der Waals surface area contributed by atoms with E-state index in [0.717, 1.165) is 6.42 Å². The van der Waals surface area contributed by atoms with Crippen LogP contribution < -0.4 is 29.4 Å². The summed E-state index contributed by atoms with van der Waals surface area (Å²) in [5, 5.41) is 1.12. The van der Waals surface area contributed by atoms with Gasteiger partial charge in [-0.1, -0.05) is 24.3 Å². The van der Waals surface area contributed by atoms with E-state index >= 15 is 0 Å². The minimum absolute atomic E-state index is 0.102. The molecule has 0 radical (unpaired) electrons. The van der Waals surface area contributed by atoms with Gasteiger partial charge in [0.15, 0.2) is 8.46 Å². The monoisotopic (exact) mass is 550 g/mol. The van der Waals surface area contributed by atoms with Crippen molar-refractivity contribution in [2.75, 3.05) is 26.0 Å². The highest BCUT2D eigenvalue weighted by Gasteiger charge is 2.30. The molecular formula is C28H24O8P2. The minimum atomic E-state index is -0.478. The molecule has 2 heterocycles. The molecule has 0 saturated carbocycles. The number of carbonyl (C=O) groups is 2. The molecule has 1 unspecified atom stereocenters. The van der Waals surface area contributed by atoms with Crippen LogP contribution in [0.1, 0.15) is 24.0 Å². The van der Waals surface area contributed by atoms with Gasteiger partial charge in [0.1, 0.15) is 23.0 Å². The number of carbonyl (C=O) groups excluding carboxylic acids is 2. The molecule has 2 aliphatic heterocycles.